The third-order valence-electron chi connectivity index (χ3n) is 1.74. The minimum Gasteiger partial charge on any atom is -0.510 e. The van der Waals surface area contributed by atoms with Gasteiger partial charge in [0.15, 0.2) is 0 Å². The zero-order chi connectivity index (χ0) is 12.0. The molecular formula is C11H12N2O3. The Bertz CT molecular complexity index is 420. The van der Waals surface area contributed by atoms with Crippen LogP contribution in [-0.4, -0.2) is 18.2 Å². The summed E-state index contributed by atoms with van der Waals surface area (Å²) in [5, 5.41) is 16.7. The van der Waals surface area contributed by atoms with Crippen molar-refractivity contribution >= 4 is 11.7 Å². The molecule has 0 saturated carbocycles. The Morgan fingerprint density at radius 3 is 2.44 bits per heavy atom. The van der Waals surface area contributed by atoms with Crippen molar-refractivity contribution in [2.45, 2.75) is 6.92 Å². The molecule has 84 valence electrons. The SMILES string of the molecule is COC(=O)/C(N=Nc1ccccc1)=C(\C)O. The normalized spacial score (nSPS) is 12.4. The molecule has 0 heterocycles. The average Bonchev–Trinajstić information content (AvgIpc) is 2.30. The number of allylic oxidation sites excluding steroid dienone is 1. The number of nitrogens with zero attached hydrogens (tertiary/aromatic N) is 2. The topological polar surface area (TPSA) is 71.2 Å². The van der Waals surface area contributed by atoms with E-state index in [-0.39, 0.29) is 11.5 Å². The van der Waals surface area contributed by atoms with Crippen LogP contribution in [0.25, 0.3) is 0 Å². The van der Waals surface area contributed by atoms with E-state index in [1.807, 2.05) is 6.07 Å². The zero-order valence-corrected chi connectivity index (χ0v) is 9.04. The van der Waals surface area contributed by atoms with Gasteiger partial charge in [-0.05, 0) is 19.1 Å². The highest BCUT2D eigenvalue weighted by Gasteiger charge is 2.12. The Balaban J connectivity index is 2.90. The molecule has 0 saturated heterocycles. The minimum atomic E-state index is -0.723. The first-order chi connectivity index (χ1) is 7.65. The quantitative estimate of drug-likeness (QED) is 0.368. The lowest BCUT2D eigenvalue weighted by molar-refractivity contribution is -0.136. The van der Waals surface area contributed by atoms with Gasteiger partial charge >= 0.3 is 5.97 Å². The molecule has 1 aromatic rings. The number of aliphatic hydroxyl groups is 1. The Labute approximate surface area is 93.1 Å². The van der Waals surface area contributed by atoms with E-state index in [9.17, 15) is 9.90 Å². The summed E-state index contributed by atoms with van der Waals surface area (Å²) < 4.78 is 4.45. The number of azo groups is 1. The molecule has 0 bridgehead atoms. The van der Waals surface area contributed by atoms with Crippen LogP contribution in [0.1, 0.15) is 6.92 Å². The van der Waals surface area contributed by atoms with Crippen molar-refractivity contribution in [2.75, 3.05) is 7.11 Å². The van der Waals surface area contributed by atoms with Gasteiger partial charge in [0.25, 0.3) is 0 Å². The fourth-order valence-corrected chi connectivity index (χ4v) is 0.960. The van der Waals surface area contributed by atoms with Gasteiger partial charge in [0.2, 0.25) is 5.70 Å². The van der Waals surface area contributed by atoms with Crippen LogP contribution in [0.4, 0.5) is 5.69 Å². The van der Waals surface area contributed by atoms with Crippen molar-refractivity contribution < 1.29 is 14.6 Å². The number of hydrogen-bond donors (Lipinski definition) is 1. The molecule has 0 radical (unpaired) electrons. The predicted molar refractivity (Wildman–Crippen MR) is 58.3 cm³/mol. The molecule has 5 heteroatoms. The molecule has 0 aliphatic rings. The maximum atomic E-state index is 11.2. The number of aliphatic hydroxyl groups excluding tert-OH is 1. The van der Waals surface area contributed by atoms with Gasteiger partial charge in [-0.3, -0.25) is 0 Å². The predicted octanol–water partition coefficient (Wildman–Crippen LogP) is 2.73. The van der Waals surface area contributed by atoms with E-state index in [2.05, 4.69) is 15.0 Å². The van der Waals surface area contributed by atoms with Crippen molar-refractivity contribution in [1.29, 1.82) is 0 Å². The molecule has 0 fully saturated rings. The summed E-state index contributed by atoms with van der Waals surface area (Å²) in [6, 6.07) is 8.88. The third-order valence-corrected chi connectivity index (χ3v) is 1.74. The molecular weight excluding hydrogens is 208 g/mol. The maximum absolute atomic E-state index is 11.2. The van der Waals surface area contributed by atoms with E-state index in [4.69, 9.17) is 0 Å². The second-order valence-electron chi connectivity index (χ2n) is 2.96. The average molecular weight is 220 g/mol. The van der Waals surface area contributed by atoms with E-state index in [1.54, 1.807) is 24.3 Å². The number of hydrogen-bond acceptors (Lipinski definition) is 5. The molecule has 1 rings (SSSR count). The molecule has 0 aromatic heterocycles. The molecule has 5 nitrogen and oxygen atoms in total. The van der Waals surface area contributed by atoms with Gasteiger partial charge in [-0.25, -0.2) is 4.79 Å². The Morgan fingerprint density at radius 1 is 1.31 bits per heavy atom. The second kappa shape index (κ2) is 5.65. The largest absolute Gasteiger partial charge is 0.510 e. The second-order valence-corrected chi connectivity index (χ2v) is 2.96. The summed E-state index contributed by atoms with van der Waals surface area (Å²) in [6.45, 7) is 1.34. The summed E-state index contributed by atoms with van der Waals surface area (Å²) in [5.41, 5.74) is 0.386. The summed E-state index contributed by atoms with van der Waals surface area (Å²) in [4.78, 5) is 11.2. The Morgan fingerprint density at radius 2 is 1.94 bits per heavy atom. The number of benzene rings is 1. The van der Waals surface area contributed by atoms with Crippen LogP contribution >= 0.6 is 0 Å². The lowest BCUT2D eigenvalue weighted by Gasteiger charge is -1.99. The smallest absolute Gasteiger partial charge is 0.362 e. The monoisotopic (exact) mass is 220 g/mol. The molecule has 0 unspecified atom stereocenters. The van der Waals surface area contributed by atoms with Crippen molar-refractivity contribution in [2.24, 2.45) is 10.2 Å². The third kappa shape index (κ3) is 3.20. The van der Waals surface area contributed by atoms with E-state index in [1.165, 1.54) is 14.0 Å². The van der Waals surface area contributed by atoms with Gasteiger partial charge in [0, 0.05) is 0 Å². The molecule has 16 heavy (non-hydrogen) atoms. The van der Waals surface area contributed by atoms with Crippen LogP contribution in [0.3, 0.4) is 0 Å². The first kappa shape index (κ1) is 11.9. The minimum absolute atomic E-state index is 0.202. The molecule has 1 N–H and O–H groups in total. The van der Waals surface area contributed by atoms with Crippen LogP contribution in [0.15, 0.2) is 52.0 Å². The molecule has 0 amide bonds. The number of esters is 1. The lowest BCUT2D eigenvalue weighted by atomic mass is 10.3. The molecule has 0 aliphatic carbocycles. The number of carbonyl (C=O) groups is 1. The standard InChI is InChI=1S/C11H12N2O3/c1-8(14)10(11(15)16-2)13-12-9-6-4-3-5-7-9/h3-7,14H,1-2H3/b10-8-,13-12?. The summed E-state index contributed by atoms with van der Waals surface area (Å²) in [5.74, 6) is -0.953. The fourth-order valence-electron chi connectivity index (χ4n) is 0.960. The summed E-state index contributed by atoms with van der Waals surface area (Å²) in [6.07, 6.45) is 0. The fraction of sp³-hybridized carbons (Fsp3) is 0.182. The first-order valence-corrected chi connectivity index (χ1v) is 4.60. The van der Waals surface area contributed by atoms with Gasteiger partial charge in [-0.2, -0.15) is 5.11 Å². The number of methoxy groups -OCH3 is 1. The van der Waals surface area contributed by atoms with Gasteiger partial charge in [-0.15, -0.1) is 5.11 Å². The molecule has 0 aliphatic heterocycles. The highest BCUT2D eigenvalue weighted by atomic mass is 16.5. The highest BCUT2D eigenvalue weighted by Crippen LogP contribution is 2.14. The van der Waals surface area contributed by atoms with Crippen molar-refractivity contribution in [3.05, 3.63) is 41.8 Å². The summed E-state index contributed by atoms with van der Waals surface area (Å²) >= 11 is 0. The van der Waals surface area contributed by atoms with E-state index < -0.39 is 5.97 Å². The van der Waals surface area contributed by atoms with E-state index in [0.717, 1.165) is 0 Å². The van der Waals surface area contributed by atoms with E-state index in [0.29, 0.717) is 5.69 Å². The zero-order valence-electron chi connectivity index (χ0n) is 9.04. The van der Waals surface area contributed by atoms with Crippen LogP contribution in [0, 0.1) is 0 Å². The number of ether oxygens (including phenoxy) is 1. The number of rotatable bonds is 3. The van der Waals surface area contributed by atoms with Gasteiger partial charge in [0.05, 0.1) is 12.8 Å². The maximum Gasteiger partial charge on any atom is 0.362 e. The summed E-state index contributed by atoms with van der Waals surface area (Å²) in [7, 11) is 1.21. The van der Waals surface area contributed by atoms with Crippen molar-refractivity contribution in [3.63, 3.8) is 0 Å². The van der Waals surface area contributed by atoms with E-state index >= 15 is 0 Å². The van der Waals surface area contributed by atoms with Gasteiger partial charge in [-0.1, -0.05) is 18.2 Å². The van der Waals surface area contributed by atoms with Crippen LogP contribution in [0.5, 0.6) is 0 Å². The van der Waals surface area contributed by atoms with Crippen molar-refractivity contribution in [1.82, 2.24) is 0 Å². The highest BCUT2D eigenvalue weighted by molar-refractivity contribution is 5.88. The molecule has 0 spiro atoms. The lowest BCUT2D eigenvalue weighted by Crippen LogP contribution is -2.04. The van der Waals surface area contributed by atoms with Crippen LogP contribution < -0.4 is 0 Å². The Hall–Kier alpha value is -2.17. The van der Waals surface area contributed by atoms with Crippen LogP contribution in [-0.2, 0) is 9.53 Å². The molecule has 0 atom stereocenters. The van der Waals surface area contributed by atoms with Gasteiger partial charge < -0.3 is 9.84 Å². The van der Waals surface area contributed by atoms with Gasteiger partial charge in [0.1, 0.15) is 5.76 Å². The van der Waals surface area contributed by atoms with Crippen LogP contribution in [0.2, 0.25) is 0 Å². The number of carbonyl (C=O) groups excluding carboxylic acids is 1. The molecule has 1 aromatic carbocycles. The first-order valence-electron chi connectivity index (χ1n) is 4.60. The van der Waals surface area contributed by atoms with Crippen molar-refractivity contribution in [3.8, 4) is 0 Å². The Kier molecular flexibility index (Phi) is 4.20.